The predicted molar refractivity (Wildman–Crippen MR) is 36.7 cm³/mol. The van der Waals surface area contributed by atoms with Crippen LogP contribution in [0.25, 0.3) is 0 Å². The van der Waals surface area contributed by atoms with Crippen LogP contribution in [-0.4, -0.2) is 13.5 Å². The first-order valence-corrected chi connectivity index (χ1v) is 3.10. The molecule has 1 radical (unpaired) electrons. The van der Waals surface area contributed by atoms with Crippen LogP contribution in [0.3, 0.4) is 0 Å². The topological polar surface area (TPSA) is 18.5 Å². The molecular formula is C6H10BO2. The lowest BCUT2D eigenvalue weighted by Gasteiger charge is -2.17. The first-order valence-electron chi connectivity index (χ1n) is 3.10. The normalized spacial score (nSPS) is 19.9. The van der Waals surface area contributed by atoms with Gasteiger partial charge in [-0.25, -0.2) is 0 Å². The summed E-state index contributed by atoms with van der Waals surface area (Å²) < 4.78 is 0. The molecule has 1 rings (SSSR count). The van der Waals surface area contributed by atoms with E-state index < -0.39 is 0 Å². The average Bonchev–Trinajstić information content (AvgIpc) is 1.90. The van der Waals surface area contributed by atoms with Crippen molar-refractivity contribution in [3.05, 3.63) is 19.0 Å². The van der Waals surface area contributed by atoms with Gasteiger partial charge in [0, 0.05) is 0 Å². The molecule has 0 unspecified atom stereocenters. The fourth-order valence-electron chi connectivity index (χ4n) is 0.778. The Kier molecular flexibility index (Phi) is 2.31. The van der Waals surface area contributed by atoms with E-state index in [9.17, 15) is 0 Å². The maximum absolute atomic E-state index is 4.88. The van der Waals surface area contributed by atoms with E-state index in [0.29, 0.717) is 6.61 Å². The first kappa shape index (κ1) is 6.84. The Bertz CT molecular complexity index is 108. The van der Waals surface area contributed by atoms with Gasteiger partial charge in [-0.05, 0) is 19.7 Å². The van der Waals surface area contributed by atoms with Crippen molar-refractivity contribution in [3.8, 4) is 0 Å². The van der Waals surface area contributed by atoms with Crippen molar-refractivity contribution in [1.82, 2.24) is 0 Å². The van der Waals surface area contributed by atoms with Gasteiger partial charge in [0.15, 0.2) is 0 Å². The Balaban J connectivity index is 2.31. The zero-order valence-electron chi connectivity index (χ0n) is 5.43. The molecule has 0 atom stereocenters. The minimum atomic E-state index is 0.0266. The van der Waals surface area contributed by atoms with Gasteiger partial charge in [-0.15, -0.1) is 6.58 Å². The molecular weight excluding hydrogens is 115 g/mol. The Morgan fingerprint density at radius 1 is 1.56 bits per heavy atom. The number of allylic oxidation sites excluding steroid dienone is 1. The summed E-state index contributed by atoms with van der Waals surface area (Å²) in [5.41, 5.74) is 0.801. The van der Waals surface area contributed by atoms with Crippen molar-refractivity contribution in [1.29, 1.82) is 0 Å². The van der Waals surface area contributed by atoms with Crippen LogP contribution < -0.4 is 0 Å². The quantitative estimate of drug-likeness (QED) is 0.388. The summed E-state index contributed by atoms with van der Waals surface area (Å²) in [7, 11) is 0. The molecule has 0 N–H and O–H groups in total. The van der Waals surface area contributed by atoms with Crippen molar-refractivity contribution in [3.63, 3.8) is 0 Å². The molecule has 0 bridgehead atoms. The summed E-state index contributed by atoms with van der Waals surface area (Å²) in [6.07, 6.45) is 2.03. The van der Waals surface area contributed by atoms with Crippen molar-refractivity contribution in [2.45, 2.75) is 12.7 Å². The second-order valence-electron chi connectivity index (χ2n) is 2.21. The Morgan fingerprint density at radius 3 is 2.67 bits per heavy atom. The van der Waals surface area contributed by atoms with Gasteiger partial charge in [0.2, 0.25) is 0 Å². The van der Waals surface area contributed by atoms with E-state index in [2.05, 4.69) is 13.5 Å². The van der Waals surface area contributed by atoms with E-state index in [4.69, 9.17) is 9.69 Å². The maximum Gasteiger partial charge on any atom is 0.368 e. The standard InChI is InChI=1S/C6H10BO2/c1-6(2)7-4-3-5-8-9-7/h1-5H2. The first-order chi connectivity index (χ1) is 4.30. The Labute approximate surface area is 55.9 Å². The molecule has 0 aromatic rings. The van der Waals surface area contributed by atoms with E-state index in [1.165, 1.54) is 0 Å². The molecule has 9 heavy (non-hydrogen) atoms. The average molecular weight is 125 g/mol. The van der Waals surface area contributed by atoms with Gasteiger partial charge in [-0.2, -0.15) is 0 Å². The molecule has 49 valence electrons. The summed E-state index contributed by atoms with van der Waals surface area (Å²) in [5.74, 6) is 0. The molecule has 0 aliphatic carbocycles. The SMILES string of the molecule is [CH2]C(=C)B1CCCOO1. The highest BCUT2D eigenvalue weighted by Gasteiger charge is 2.21. The second kappa shape index (κ2) is 3.04. The molecule has 3 heteroatoms. The predicted octanol–water partition coefficient (Wildman–Crippen LogP) is 1.26. The maximum atomic E-state index is 4.88. The van der Waals surface area contributed by atoms with Gasteiger partial charge in [0.1, 0.15) is 0 Å². The van der Waals surface area contributed by atoms with E-state index >= 15 is 0 Å². The highest BCUT2D eigenvalue weighted by molar-refractivity contribution is 6.60. The highest BCUT2D eigenvalue weighted by Crippen LogP contribution is 2.12. The molecule has 0 spiro atoms. The lowest BCUT2D eigenvalue weighted by molar-refractivity contribution is -0.221. The lowest BCUT2D eigenvalue weighted by Crippen LogP contribution is -2.25. The zero-order chi connectivity index (χ0) is 6.69. The van der Waals surface area contributed by atoms with Crippen LogP contribution in [0.2, 0.25) is 6.32 Å². The monoisotopic (exact) mass is 125 g/mol. The van der Waals surface area contributed by atoms with Crippen LogP contribution in [0.4, 0.5) is 0 Å². The summed E-state index contributed by atoms with van der Waals surface area (Å²) in [5, 5.41) is 0. The van der Waals surface area contributed by atoms with Gasteiger partial charge in [-0.3, -0.25) is 9.69 Å². The molecule has 1 aliphatic rings. The molecule has 1 saturated heterocycles. The molecule has 0 aromatic carbocycles. The third-order valence-electron chi connectivity index (χ3n) is 1.33. The number of hydrogen-bond donors (Lipinski definition) is 0. The van der Waals surface area contributed by atoms with Gasteiger partial charge >= 0.3 is 6.92 Å². The van der Waals surface area contributed by atoms with Crippen LogP contribution >= 0.6 is 0 Å². The van der Waals surface area contributed by atoms with Gasteiger partial charge in [0.05, 0.1) is 6.61 Å². The molecule has 1 heterocycles. The summed E-state index contributed by atoms with van der Waals surface area (Å²) >= 11 is 0. The Hall–Kier alpha value is -0.275. The van der Waals surface area contributed by atoms with E-state index in [1.807, 2.05) is 0 Å². The van der Waals surface area contributed by atoms with E-state index in [0.717, 1.165) is 18.2 Å². The van der Waals surface area contributed by atoms with Crippen molar-refractivity contribution < 1.29 is 9.69 Å². The third kappa shape index (κ3) is 1.84. The van der Waals surface area contributed by atoms with Gasteiger partial charge in [0.25, 0.3) is 0 Å². The van der Waals surface area contributed by atoms with Crippen LogP contribution in [0.1, 0.15) is 6.42 Å². The number of hydrogen-bond acceptors (Lipinski definition) is 2. The van der Waals surface area contributed by atoms with Crippen LogP contribution in [0.15, 0.2) is 12.1 Å². The van der Waals surface area contributed by atoms with Crippen LogP contribution in [-0.2, 0) is 9.69 Å². The minimum absolute atomic E-state index is 0.0266. The van der Waals surface area contributed by atoms with Crippen molar-refractivity contribution >= 4 is 6.92 Å². The smallest absolute Gasteiger partial charge is 0.299 e. The zero-order valence-corrected chi connectivity index (χ0v) is 5.43. The van der Waals surface area contributed by atoms with E-state index in [-0.39, 0.29) is 6.92 Å². The van der Waals surface area contributed by atoms with Crippen LogP contribution in [0.5, 0.6) is 0 Å². The van der Waals surface area contributed by atoms with Crippen molar-refractivity contribution in [2.75, 3.05) is 6.61 Å². The summed E-state index contributed by atoms with van der Waals surface area (Å²) in [4.78, 5) is 9.62. The highest BCUT2D eigenvalue weighted by atomic mass is 17.2. The Morgan fingerprint density at radius 2 is 2.33 bits per heavy atom. The van der Waals surface area contributed by atoms with Crippen LogP contribution in [0, 0.1) is 6.92 Å². The molecule has 1 fully saturated rings. The minimum Gasteiger partial charge on any atom is -0.299 e. The largest absolute Gasteiger partial charge is 0.368 e. The third-order valence-corrected chi connectivity index (χ3v) is 1.33. The fourth-order valence-corrected chi connectivity index (χ4v) is 0.778. The van der Waals surface area contributed by atoms with Crippen molar-refractivity contribution in [2.24, 2.45) is 0 Å². The van der Waals surface area contributed by atoms with E-state index in [1.54, 1.807) is 0 Å². The van der Waals surface area contributed by atoms with Gasteiger partial charge in [-0.1, -0.05) is 5.47 Å². The number of rotatable bonds is 1. The molecule has 2 nitrogen and oxygen atoms in total. The molecule has 0 amide bonds. The fraction of sp³-hybridized carbons (Fsp3) is 0.500. The van der Waals surface area contributed by atoms with Gasteiger partial charge < -0.3 is 0 Å². The molecule has 0 saturated carbocycles. The summed E-state index contributed by atoms with van der Waals surface area (Å²) in [6.45, 7) is 8.05. The second-order valence-corrected chi connectivity index (χ2v) is 2.21. The molecule has 1 aliphatic heterocycles. The molecule has 0 aromatic heterocycles. The summed E-state index contributed by atoms with van der Waals surface area (Å²) in [6, 6.07) is 0. The lowest BCUT2D eigenvalue weighted by atomic mass is 9.58.